The van der Waals surface area contributed by atoms with Gasteiger partial charge in [-0.15, -0.1) is 0 Å². The van der Waals surface area contributed by atoms with Crippen LogP contribution in [0, 0.1) is 10.1 Å². The fraction of sp³-hybridized carbons (Fsp3) is 0. The van der Waals surface area contributed by atoms with E-state index in [1.807, 2.05) is 0 Å². The first-order valence-corrected chi connectivity index (χ1v) is 3.26. The van der Waals surface area contributed by atoms with E-state index in [9.17, 15) is 10.1 Å². The Hall–Kier alpha value is -1.91. The molecule has 2 heterocycles. The van der Waals surface area contributed by atoms with Crippen molar-refractivity contribution in [2.45, 2.75) is 0 Å². The third-order valence-corrected chi connectivity index (χ3v) is 1.45. The molecule has 0 unspecified atom stereocenters. The monoisotopic (exact) mass is 164 g/mol. The van der Waals surface area contributed by atoms with Gasteiger partial charge in [-0.25, -0.2) is 0 Å². The van der Waals surface area contributed by atoms with Gasteiger partial charge >= 0.3 is 5.88 Å². The van der Waals surface area contributed by atoms with Crippen LogP contribution in [0.25, 0.3) is 11.1 Å². The zero-order valence-electron chi connectivity index (χ0n) is 5.93. The Kier molecular flexibility index (Phi) is 1.30. The van der Waals surface area contributed by atoms with Gasteiger partial charge in [-0.3, -0.25) is 15.1 Å². The molecule has 0 saturated heterocycles. The molecular weight excluding hydrogens is 160 g/mol. The Balaban J connectivity index is 2.70. The minimum atomic E-state index is -0.582. The van der Waals surface area contributed by atoms with Gasteiger partial charge in [0.05, 0.1) is 6.07 Å². The molecule has 0 radical (unpaired) electrons. The van der Waals surface area contributed by atoms with E-state index in [2.05, 4.69) is 4.98 Å². The zero-order valence-corrected chi connectivity index (χ0v) is 5.93. The average molecular weight is 164 g/mol. The molecule has 0 aliphatic carbocycles. The molecule has 12 heavy (non-hydrogen) atoms. The van der Waals surface area contributed by atoms with Gasteiger partial charge < -0.3 is 4.42 Å². The van der Waals surface area contributed by atoms with Crippen LogP contribution in [0.1, 0.15) is 0 Å². The molecule has 0 aliphatic rings. The fourth-order valence-electron chi connectivity index (χ4n) is 0.947. The largest absolute Gasteiger partial charge is 0.435 e. The van der Waals surface area contributed by atoms with Gasteiger partial charge in [0.15, 0.2) is 5.58 Å². The Morgan fingerprint density at radius 3 is 3.08 bits per heavy atom. The van der Waals surface area contributed by atoms with Gasteiger partial charge in [-0.05, 0) is 12.1 Å². The second-order valence-electron chi connectivity index (χ2n) is 2.23. The van der Waals surface area contributed by atoms with E-state index in [-0.39, 0.29) is 5.88 Å². The summed E-state index contributed by atoms with van der Waals surface area (Å²) in [5, 5.41) is 10.3. The molecule has 0 saturated carbocycles. The number of fused-ring (bicyclic) bond motifs is 1. The van der Waals surface area contributed by atoms with Gasteiger partial charge in [0.1, 0.15) is 10.4 Å². The fourth-order valence-corrected chi connectivity index (χ4v) is 0.947. The molecule has 0 N–H and O–H groups in total. The van der Waals surface area contributed by atoms with Crippen molar-refractivity contribution in [2.24, 2.45) is 0 Å². The molecule has 2 aromatic rings. The van der Waals surface area contributed by atoms with Crippen molar-refractivity contribution in [3.63, 3.8) is 0 Å². The second kappa shape index (κ2) is 2.30. The van der Waals surface area contributed by atoms with Gasteiger partial charge in [-0.1, -0.05) is 0 Å². The van der Waals surface area contributed by atoms with Gasteiger partial charge in [0.2, 0.25) is 0 Å². The van der Waals surface area contributed by atoms with Crippen molar-refractivity contribution in [3.8, 4) is 0 Å². The lowest BCUT2D eigenvalue weighted by molar-refractivity contribution is -0.401. The average Bonchev–Trinajstić information content (AvgIpc) is 2.46. The highest BCUT2D eigenvalue weighted by Crippen LogP contribution is 2.21. The maximum Gasteiger partial charge on any atom is 0.435 e. The summed E-state index contributed by atoms with van der Waals surface area (Å²) in [7, 11) is 0. The molecular formula is C7H4N2O3. The minimum absolute atomic E-state index is 0.274. The van der Waals surface area contributed by atoms with Crippen molar-refractivity contribution in [2.75, 3.05) is 0 Å². The summed E-state index contributed by atoms with van der Waals surface area (Å²) in [6.45, 7) is 0. The van der Waals surface area contributed by atoms with Crippen molar-refractivity contribution in [1.29, 1.82) is 0 Å². The molecule has 2 aromatic heterocycles. The standard InChI is InChI=1S/C7H4N2O3/c10-9(11)7-4-5-6(12-7)2-1-3-8-5/h1-4H. The van der Waals surface area contributed by atoms with Crippen LogP contribution in [-0.2, 0) is 0 Å². The Morgan fingerprint density at radius 2 is 2.42 bits per heavy atom. The van der Waals surface area contributed by atoms with Crippen molar-refractivity contribution in [3.05, 3.63) is 34.5 Å². The number of furan rings is 1. The number of nitrogens with zero attached hydrogens (tertiary/aromatic N) is 2. The predicted octanol–water partition coefficient (Wildman–Crippen LogP) is 1.74. The first-order chi connectivity index (χ1) is 5.77. The van der Waals surface area contributed by atoms with E-state index in [0.29, 0.717) is 11.1 Å². The Morgan fingerprint density at radius 1 is 1.58 bits per heavy atom. The molecule has 60 valence electrons. The van der Waals surface area contributed by atoms with Crippen LogP contribution < -0.4 is 0 Å². The van der Waals surface area contributed by atoms with E-state index in [0.717, 1.165) is 0 Å². The molecule has 2 rings (SSSR count). The topological polar surface area (TPSA) is 69.2 Å². The summed E-state index contributed by atoms with van der Waals surface area (Å²) in [4.78, 5) is 13.6. The zero-order chi connectivity index (χ0) is 8.55. The smallest absolute Gasteiger partial charge is 0.399 e. The quantitative estimate of drug-likeness (QED) is 0.475. The lowest BCUT2D eigenvalue weighted by Gasteiger charge is -1.81. The van der Waals surface area contributed by atoms with E-state index in [4.69, 9.17) is 4.42 Å². The molecule has 0 amide bonds. The Bertz CT molecular complexity index is 402. The summed E-state index contributed by atoms with van der Waals surface area (Å²) in [6.07, 6.45) is 1.56. The third-order valence-electron chi connectivity index (χ3n) is 1.45. The maximum atomic E-state index is 10.3. The second-order valence-corrected chi connectivity index (χ2v) is 2.23. The predicted molar refractivity (Wildman–Crippen MR) is 40.7 cm³/mol. The highest BCUT2D eigenvalue weighted by Gasteiger charge is 2.12. The normalized spacial score (nSPS) is 10.3. The van der Waals surface area contributed by atoms with E-state index < -0.39 is 4.92 Å². The maximum absolute atomic E-state index is 10.3. The van der Waals surface area contributed by atoms with Gasteiger partial charge in [0.25, 0.3) is 0 Å². The van der Waals surface area contributed by atoms with Crippen molar-refractivity contribution in [1.82, 2.24) is 4.98 Å². The number of rotatable bonds is 1. The lowest BCUT2D eigenvalue weighted by atomic mass is 10.4. The number of nitro groups is 1. The number of pyridine rings is 1. The molecule has 5 heteroatoms. The summed E-state index contributed by atoms with van der Waals surface area (Å²) >= 11 is 0. The van der Waals surface area contributed by atoms with Crippen LogP contribution in [-0.4, -0.2) is 9.91 Å². The molecule has 0 aromatic carbocycles. The van der Waals surface area contributed by atoms with E-state index in [1.165, 1.54) is 6.07 Å². The van der Waals surface area contributed by atoms with E-state index in [1.54, 1.807) is 18.3 Å². The Labute approximate surface area is 66.8 Å². The van der Waals surface area contributed by atoms with Crippen LogP contribution in [0.3, 0.4) is 0 Å². The molecule has 0 fully saturated rings. The third kappa shape index (κ3) is 0.914. The van der Waals surface area contributed by atoms with Crippen LogP contribution in [0.15, 0.2) is 28.8 Å². The van der Waals surface area contributed by atoms with Gasteiger partial charge in [0, 0.05) is 6.20 Å². The number of aromatic nitrogens is 1. The molecule has 0 spiro atoms. The van der Waals surface area contributed by atoms with Crippen molar-refractivity contribution < 1.29 is 9.34 Å². The van der Waals surface area contributed by atoms with Gasteiger partial charge in [-0.2, -0.15) is 0 Å². The van der Waals surface area contributed by atoms with Crippen LogP contribution in [0.5, 0.6) is 0 Å². The van der Waals surface area contributed by atoms with Crippen LogP contribution in [0.4, 0.5) is 5.88 Å². The summed E-state index contributed by atoms with van der Waals surface area (Å²) in [6, 6.07) is 4.60. The highest BCUT2D eigenvalue weighted by molar-refractivity contribution is 5.74. The summed E-state index contributed by atoms with van der Waals surface area (Å²) in [5.41, 5.74) is 0.938. The molecule has 0 atom stereocenters. The molecule has 5 nitrogen and oxygen atoms in total. The van der Waals surface area contributed by atoms with Crippen molar-refractivity contribution >= 4 is 17.0 Å². The number of hydrogen-bond acceptors (Lipinski definition) is 4. The summed E-state index contributed by atoms with van der Waals surface area (Å²) in [5.74, 6) is -0.274. The summed E-state index contributed by atoms with van der Waals surface area (Å²) < 4.78 is 4.87. The lowest BCUT2D eigenvalue weighted by Crippen LogP contribution is -1.82. The van der Waals surface area contributed by atoms with Crippen LogP contribution in [0.2, 0.25) is 0 Å². The van der Waals surface area contributed by atoms with Crippen LogP contribution >= 0.6 is 0 Å². The first-order valence-electron chi connectivity index (χ1n) is 3.26. The number of hydrogen-bond donors (Lipinski definition) is 0. The first kappa shape index (κ1) is 6.78. The molecule has 0 bridgehead atoms. The molecule has 0 aliphatic heterocycles. The van der Waals surface area contributed by atoms with E-state index >= 15 is 0 Å². The SMILES string of the molecule is O=[N+]([O-])c1cc2ncccc2o1. The minimum Gasteiger partial charge on any atom is -0.399 e. The highest BCUT2D eigenvalue weighted by atomic mass is 16.6.